The summed E-state index contributed by atoms with van der Waals surface area (Å²) in [5, 5.41) is 7.24. The van der Waals surface area contributed by atoms with Crippen molar-refractivity contribution < 1.29 is 13.9 Å². The van der Waals surface area contributed by atoms with Gasteiger partial charge >= 0.3 is 0 Å². The molecule has 2 heterocycles. The molecule has 6 rings (SSSR count). The number of halogens is 3. The number of aromatic nitrogens is 2. The van der Waals surface area contributed by atoms with Gasteiger partial charge < -0.3 is 13.9 Å². The summed E-state index contributed by atoms with van der Waals surface area (Å²) in [6, 6.07) is 24.7. The van der Waals surface area contributed by atoms with E-state index in [0.29, 0.717) is 54.4 Å². The predicted octanol–water partition coefficient (Wildman–Crippen LogP) is 8.24. The normalized spacial score (nSPS) is 11.5. The molecule has 0 spiro atoms. The molecule has 0 aliphatic rings. The molecule has 0 atom stereocenters. The van der Waals surface area contributed by atoms with Gasteiger partial charge in [-0.05, 0) is 48.5 Å². The summed E-state index contributed by atoms with van der Waals surface area (Å²) in [5.41, 5.74) is 1.98. The van der Waals surface area contributed by atoms with Gasteiger partial charge in [-0.15, -0.1) is 0 Å². The van der Waals surface area contributed by atoms with Gasteiger partial charge in [0.05, 0.1) is 24.2 Å². The molecule has 7 nitrogen and oxygen atoms in total. The van der Waals surface area contributed by atoms with Crippen LogP contribution in [-0.4, -0.2) is 23.0 Å². The number of fused-ring (bicyclic) bond motifs is 2. The van der Waals surface area contributed by atoms with E-state index in [4.69, 9.17) is 53.7 Å². The number of methoxy groups -OCH3 is 1. The summed E-state index contributed by atoms with van der Waals surface area (Å²) in [7, 11) is 1.51. The Balaban J connectivity index is 1.48. The average Bonchev–Trinajstić information content (AvgIpc) is 3.39. The smallest absolute Gasteiger partial charge is 0.282 e. The van der Waals surface area contributed by atoms with Gasteiger partial charge in [-0.1, -0.05) is 65.1 Å². The van der Waals surface area contributed by atoms with Crippen molar-refractivity contribution in [2.24, 2.45) is 5.10 Å². The minimum Gasteiger partial charge on any atom is -0.493 e. The van der Waals surface area contributed by atoms with Crippen molar-refractivity contribution in [3.63, 3.8) is 0 Å². The quantitative estimate of drug-likeness (QED) is 0.172. The minimum absolute atomic E-state index is 0.169. The number of rotatable bonds is 7. The SMILES string of the molecule is COc1cc(Cl)cc(C=Nn2c(-c3cc4cc(Cl)ccc4o3)nc3ccccc3c2=O)c1OCc1ccccc1Cl. The zero-order valence-electron chi connectivity index (χ0n) is 21.5. The first kappa shape index (κ1) is 26.9. The van der Waals surface area contributed by atoms with Gasteiger partial charge in [-0.3, -0.25) is 4.79 Å². The lowest BCUT2D eigenvalue weighted by Gasteiger charge is -2.15. The third-order valence-electron chi connectivity index (χ3n) is 6.36. The molecule has 6 aromatic rings. The average molecular weight is 605 g/mol. The van der Waals surface area contributed by atoms with Crippen molar-refractivity contribution in [1.82, 2.24) is 9.66 Å². The van der Waals surface area contributed by atoms with Gasteiger partial charge in [0, 0.05) is 37.6 Å². The molecular formula is C31H20Cl3N3O4. The van der Waals surface area contributed by atoms with Crippen LogP contribution in [-0.2, 0) is 6.61 Å². The molecule has 10 heteroatoms. The van der Waals surface area contributed by atoms with Gasteiger partial charge in [0.2, 0.25) is 5.82 Å². The van der Waals surface area contributed by atoms with Crippen LogP contribution < -0.4 is 15.0 Å². The van der Waals surface area contributed by atoms with Crippen molar-refractivity contribution in [1.29, 1.82) is 0 Å². The maximum Gasteiger partial charge on any atom is 0.282 e. The second kappa shape index (κ2) is 11.3. The Hall–Kier alpha value is -4.30. The Labute approximate surface area is 249 Å². The van der Waals surface area contributed by atoms with Crippen LogP contribution in [0.25, 0.3) is 33.5 Å². The molecule has 0 saturated heterocycles. The van der Waals surface area contributed by atoms with E-state index in [-0.39, 0.29) is 18.0 Å². The number of para-hydroxylation sites is 1. The van der Waals surface area contributed by atoms with Gasteiger partial charge in [0.1, 0.15) is 12.2 Å². The Morgan fingerprint density at radius 3 is 2.59 bits per heavy atom. The zero-order chi connectivity index (χ0) is 28.5. The second-order valence-corrected chi connectivity index (χ2v) is 10.3. The lowest BCUT2D eigenvalue weighted by atomic mass is 10.2. The third-order valence-corrected chi connectivity index (χ3v) is 7.18. The molecular weight excluding hydrogens is 585 g/mol. The van der Waals surface area contributed by atoms with E-state index in [9.17, 15) is 4.79 Å². The molecule has 2 aromatic heterocycles. The van der Waals surface area contributed by atoms with E-state index < -0.39 is 0 Å². The summed E-state index contributed by atoms with van der Waals surface area (Å²) in [6.07, 6.45) is 1.47. The molecule has 0 N–H and O–H groups in total. The second-order valence-electron chi connectivity index (χ2n) is 9.01. The predicted molar refractivity (Wildman–Crippen MR) is 163 cm³/mol. The van der Waals surface area contributed by atoms with Crippen LogP contribution in [0.3, 0.4) is 0 Å². The maximum absolute atomic E-state index is 13.7. The van der Waals surface area contributed by atoms with E-state index in [1.54, 1.807) is 60.7 Å². The fourth-order valence-corrected chi connectivity index (χ4v) is 4.98. The fourth-order valence-electron chi connectivity index (χ4n) is 4.39. The standard InChI is InChI=1S/C31H20Cl3N3O4/c1-39-27-15-22(33)13-20(29(27)40-17-18-6-2-4-8-24(18)34)16-35-37-30(36-25-9-5-3-7-23(25)31(37)38)28-14-19-12-21(32)10-11-26(19)41-28/h2-16H,17H2,1H3. The molecule has 0 fully saturated rings. The number of benzene rings is 4. The van der Waals surface area contributed by atoms with Crippen LogP contribution >= 0.6 is 34.8 Å². The van der Waals surface area contributed by atoms with E-state index in [1.165, 1.54) is 18.0 Å². The highest BCUT2D eigenvalue weighted by atomic mass is 35.5. The summed E-state index contributed by atoms with van der Waals surface area (Å²) in [4.78, 5) is 18.4. The van der Waals surface area contributed by atoms with Crippen LogP contribution in [0.2, 0.25) is 15.1 Å². The number of hydrogen-bond acceptors (Lipinski definition) is 6. The van der Waals surface area contributed by atoms with Crippen LogP contribution in [0.15, 0.2) is 99.2 Å². The summed E-state index contributed by atoms with van der Waals surface area (Å²) in [6.45, 7) is 0.169. The summed E-state index contributed by atoms with van der Waals surface area (Å²) >= 11 is 18.9. The highest BCUT2D eigenvalue weighted by molar-refractivity contribution is 6.32. The Kier molecular flexibility index (Phi) is 7.41. The van der Waals surface area contributed by atoms with E-state index in [1.807, 2.05) is 24.3 Å². The van der Waals surface area contributed by atoms with Crippen LogP contribution in [0.1, 0.15) is 11.1 Å². The first-order chi connectivity index (χ1) is 19.9. The first-order valence-electron chi connectivity index (χ1n) is 12.4. The Morgan fingerprint density at radius 1 is 0.951 bits per heavy atom. The van der Waals surface area contributed by atoms with E-state index >= 15 is 0 Å². The third kappa shape index (κ3) is 5.39. The van der Waals surface area contributed by atoms with E-state index in [2.05, 4.69) is 5.10 Å². The van der Waals surface area contributed by atoms with Gasteiger partial charge in [-0.2, -0.15) is 9.78 Å². The van der Waals surface area contributed by atoms with Crippen molar-refractivity contribution in [2.45, 2.75) is 6.61 Å². The summed E-state index contributed by atoms with van der Waals surface area (Å²) < 4.78 is 18.9. The highest BCUT2D eigenvalue weighted by Gasteiger charge is 2.18. The van der Waals surface area contributed by atoms with Crippen molar-refractivity contribution in [2.75, 3.05) is 7.11 Å². The number of furan rings is 1. The Bertz CT molecular complexity index is 2020. The molecule has 0 radical (unpaired) electrons. The first-order valence-corrected chi connectivity index (χ1v) is 13.5. The molecule has 0 unspecified atom stereocenters. The van der Waals surface area contributed by atoms with Gasteiger partial charge in [0.25, 0.3) is 5.56 Å². The van der Waals surface area contributed by atoms with Crippen LogP contribution in [0.5, 0.6) is 11.5 Å². The molecule has 0 aliphatic heterocycles. The molecule has 204 valence electrons. The molecule has 0 aliphatic carbocycles. The lowest BCUT2D eigenvalue weighted by Crippen LogP contribution is -2.20. The van der Waals surface area contributed by atoms with E-state index in [0.717, 1.165) is 10.9 Å². The zero-order valence-corrected chi connectivity index (χ0v) is 23.7. The number of ether oxygens (including phenoxy) is 2. The monoisotopic (exact) mass is 603 g/mol. The maximum atomic E-state index is 13.7. The lowest BCUT2D eigenvalue weighted by molar-refractivity contribution is 0.284. The molecule has 0 bridgehead atoms. The van der Waals surface area contributed by atoms with Crippen LogP contribution in [0.4, 0.5) is 0 Å². The highest BCUT2D eigenvalue weighted by Crippen LogP contribution is 2.35. The molecule has 0 amide bonds. The topological polar surface area (TPSA) is 78.9 Å². The van der Waals surface area contributed by atoms with Gasteiger partial charge in [0.15, 0.2) is 17.3 Å². The van der Waals surface area contributed by atoms with Crippen molar-refractivity contribution in [3.05, 3.63) is 121 Å². The molecule has 0 saturated carbocycles. The minimum atomic E-state index is -0.382. The fraction of sp³-hybridized carbons (Fsp3) is 0.0645. The number of hydrogen-bond donors (Lipinski definition) is 0. The molecule has 41 heavy (non-hydrogen) atoms. The van der Waals surface area contributed by atoms with Gasteiger partial charge in [-0.25, -0.2) is 4.98 Å². The Morgan fingerprint density at radius 2 is 1.76 bits per heavy atom. The van der Waals surface area contributed by atoms with Crippen LogP contribution in [0, 0.1) is 0 Å². The van der Waals surface area contributed by atoms with Crippen molar-refractivity contribution in [3.8, 4) is 23.1 Å². The largest absolute Gasteiger partial charge is 0.493 e. The van der Waals surface area contributed by atoms with Crippen molar-refractivity contribution >= 4 is 62.9 Å². The summed E-state index contributed by atoms with van der Waals surface area (Å²) in [5.74, 6) is 1.33. The number of nitrogens with zero attached hydrogens (tertiary/aromatic N) is 3. The molecule has 4 aromatic carbocycles.